The first-order chi connectivity index (χ1) is 13.5. The van der Waals surface area contributed by atoms with Gasteiger partial charge in [0, 0.05) is 6.04 Å². The van der Waals surface area contributed by atoms with Gasteiger partial charge in [-0.15, -0.1) is 0 Å². The molecule has 0 aliphatic carbocycles. The van der Waals surface area contributed by atoms with Crippen LogP contribution in [0.4, 0.5) is 0 Å². The molecule has 5 heteroatoms. The highest BCUT2D eigenvalue weighted by Crippen LogP contribution is 2.21. The van der Waals surface area contributed by atoms with Gasteiger partial charge in [-0.3, -0.25) is 0 Å². The maximum absolute atomic E-state index is 10.2. The Kier molecular flexibility index (Phi) is 17.5. The third kappa shape index (κ3) is 11.7. The zero-order valence-electron chi connectivity index (χ0n) is 19.2. The lowest BCUT2D eigenvalue weighted by atomic mass is 9.84. The molecule has 0 saturated carbocycles. The van der Waals surface area contributed by atoms with E-state index >= 15 is 0 Å². The monoisotopic (exact) mass is 402 g/mol. The summed E-state index contributed by atoms with van der Waals surface area (Å²) in [5.74, 6) is 0. The number of hydrogen-bond acceptors (Lipinski definition) is 5. The smallest absolute Gasteiger partial charge is 0.166 e. The second-order valence-electron chi connectivity index (χ2n) is 8.49. The molecule has 0 heterocycles. The summed E-state index contributed by atoms with van der Waals surface area (Å²) >= 11 is 0. The zero-order chi connectivity index (χ0) is 21.3. The van der Waals surface area contributed by atoms with Crippen molar-refractivity contribution >= 4 is 0 Å². The molecule has 0 amide bonds. The third-order valence-electron chi connectivity index (χ3n) is 6.10. The van der Waals surface area contributed by atoms with Crippen LogP contribution in [0.25, 0.3) is 0 Å². The van der Waals surface area contributed by atoms with E-state index in [-0.39, 0.29) is 12.6 Å². The first-order valence-corrected chi connectivity index (χ1v) is 11.9. The molecule has 5 nitrogen and oxygen atoms in total. The average Bonchev–Trinajstić information content (AvgIpc) is 2.69. The number of hydrogen-bond donors (Lipinski definition) is 5. The fourth-order valence-corrected chi connectivity index (χ4v) is 3.88. The molecule has 3 unspecified atom stereocenters. The predicted octanol–water partition coefficient (Wildman–Crippen LogP) is 4.10. The number of nitrogens with one attached hydrogen (secondary N) is 2. The quantitative estimate of drug-likeness (QED) is 0.156. The molecule has 170 valence electrons. The summed E-state index contributed by atoms with van der Waals surface area (Å²) in [6, 6.07) is -0.411. The molecule has 0 radical (unpaired) electrons. The Bertz CT molecular complexity index is 336. The molecule has 0 spiro atoms. The van der Waals surface area contributed by atoms with E-state index in [2.05, 4.69) is 31.4 Å². The maximum Gasteiger partial charge on any atom is 0.166 e. The molecule has 28 heavy (non-hydrogen) atoms. The van der Waals surface area contributed by atoms with Gasteiger partial charge in [0.15, 0.2) is 6.29 Å². The van der Waals surface area contributed by atoms with Crippen molar-refractivity contribution < 1.29 is 15.3 Å². The van der Waals surface area contributed by atoms with E-state index in [0.29, 0.717) is 0 Å². The highest BCUT2D eigenvalue weighted by Gasteiger charge is 2.37. The van der Waals surface area contributed by atoms with Gasteiger partial charge < -0.3 is 26.0 Å². The van der Waals surface area contributed by atoms with E-state index in [1.54, 1.807) is 6.92 Å². The Hall–Kier alpha value is -0.200. The van der Waals surface area contributed by atoms with E-state index in [9.17, 15) is 15.3 Å². The van der Waals surface area contributed by atoms with Crippen LogP contribution < -0.4 is 10.6 Å². The SMILES string of the molecule is CCCCCCCCCCCNC(CC)(CO)C(CCCC)NC(C)C(O)O. The minimum absolute atomic E-state index is 0.0119. The van der Waals surface area contributed by atoms with Gasteiger partial charge in [0.2, 0.25) is 0 Å². The van der Waals surface area contributed by atoms with Gasteiger partial charge in [-0.2, -0.15) is 0 Å². The topological polar surface area (TPSA) is 84.8 Å². The van der Waals surface area contributed by atoms with Crippen molar-refractivity contribution in [1.29, 1.82) is 0 Å². The highest BCUT2D eigenvalue weighted by atomic mass is 16.5. The minimum Gasteiger partial charge on any atom is -0.394 e. The predicted molar refractivity (Wildman–Crippen MR) is 119 cm³/mol. The van der Waals surface area contributed by atoms with Gasteiger partial charge in [0.05, 0.1) is 18.2 Å². The summed E-state index contributed by atoms with van der Waals surface area (Å²) in [5, 5.41) is 36.2. The maximum atomic E-state index is 10.2. The lowest BCUT2D eigenvalue weighted by Crippen LogP contribution is -2.64. The van der Waals surface area contributed by atoms with Crippen LogP contribution in [-0.4, -0.2) is 52.4 Å². The van der Waals surface area contributed by atoms with Crippen molar-refractivity contribution in [2.75, 3.05) is 13.2 Å². The molecule has 0 aromatic carbocycles. The molecule has 3 atom stereocenters. The van der Waals surface area contributed by atoms with E-state index in [1.165, 1.54) is 51.4 Å². The van der Waals surface area contributed by atoms with Crippen molar-refractivity contribution in [3.63, 3.8) is 0 Å². The Morgan fingerprint density at radius 1 is 0.786 bits per heavy atom. The second-order valence-corrected chi connectivity index (χ2v) is 8.49. The van der Waals surface area contributed by atoms with Gasteiger partial charge >= 0.3 is 0 Å². The first-order valence-electron chi connectivity index (χ1n) is 11.9. The minimum atomic E-state index is -1.39. The highest BCUT2D eigenvalue weighted by molar-refractivity contribution is 4.98. The second kappa shape index (κ2) is 17.6. The molecule has 0 aliphatic heterocycles. The van der Waals surface area contributed by atoms with Crippen LogP contribution in [0.1, 0.15) is 111 Å². The van der Waals surface area contributed by atoms with E-state index in [0.717, 1.165) is 38.6 Å². The van der Waals surface area contributed by atoms with E-state index in [1.807, 2.05) is 0 Å². The van der Waals surface area contributed by atoms with E-state index < -0.39 is 17.9 Å². The fourth-order valence-electron chi connectivity index (χ4n) is 3.88. The number of aliphatic hydroxyl groups is 3. The van der Waals surface area contributed by atoms with Crippen molar-refractivity contribution in [2.24, 2.45) is 0 Å². The standard InChI is InChI=1S/C23H50N2O3/c1-5-8-10-11-12-13-14-15-16-18-24-23(7-3,19-26)21(17-9-6-2)25-20(4)22(27)28/h20-22,24-28H,5-19H2,1-4H3. The molecule has 0 aliphatic rings. The summed E-state index contributed by atoms with van der Waals surface area (Å²) in [5.41, 5.74) is -0.418. The van der Waals surface area contributed by atoms with Gasteiger partial charge in [-0.25, -0.2) is 0 Å². The molecule has 5 N–H and O–H groups in total. The number of rotatable bonds is 20. The summed E-state index contributed by atoms with van der Waals surface area (Å²) in [7, 11) is 0. The molecule has 0 saturated heterocycles. The van der Waals surface area contributed by atoms with Gasteiger partial charge in [-0.1, -0.05) is 85.0 Å². The van der Waals surface area contributed by atoms with Crippen LogP contribution in [0.5, 0.6) is 0 Å². The van der Waals surface area contributed by atoms with Gasteiger partial charge in [-0.05, 0) is 32.7 Å². The largest absolute Gasteiger partial charge is 0.394 e. The number of aliphatic hydroxyl groups excluding tert-OH is 2. The Labute approximate surface area is 174 Å². The number of unbranched alkanes of at least 4 members (excludes halogenated alkanes) is 9. The Morgan fingerprint density at radius 2 is 1.32 bits per heavy atom. The lowest BCUT2D eigenvalue weighted by Gasteiger charge is -2.42. The van der Waals surface area contributed by atoms with Crippen molar-refractivity contribution in [3.05, 3.63) is 0 Å². The fraction of sp³-hybridized carbons (Fsp3) is 1.00. The van der Waals surface area contributed by atoms with Gasteiger partial charge in [0.25, 0.3) is 0 Å². The summed E-state index contributed by atoms with van der Waals surface area (Å²) in [6.45, 7) is 9.23. The van der Waals surface area contributed by atoms with Crippen molar-refractivity contribution in [1.82, 2.24) is 10.6 Å². The summed E-state index contributed by atoms with van der Waals surface area (Å²) in [4.78, 5) is 0. The van der Waals surface area contributed by atoms with Crippen LogP contribution >= 0.6 is 0 Å². The Morgan fingerprint density at radius 3 is 1.79 bits per heavy atom. The molecule has 0 rings (SSSR count). The third-order valence-corrected chi connectivity index (χ3v) is 6.10. The van der Waals surface area contributed by atoms with Crippen LogP contribution in [0.2, 0.25) is 0 Å². The summed E-state index contributed by atoms with van der Waals surface area (Å²) in [6.07, 6.45) is 14.2. The average molecular weight is 403 g/mol. The molecule has 0 bridgehead atoms. The van der Waals surface area contributed by atoms with Crippen molar-refractivity contribution in [2.45, 2.75) is 135 Å². The van der Waals surface area contributed by atoms with Gasteiger partial charge in [0.1, 0.15) is 0 Å². The molecule has 0 fully saturated rings. The summed E-state index contributed by atoms with van der Waals surface area (Å²) < 4.78 is 0. The van der Waals surface area contributed by atoms with Crippen LogP contribution in [0.3, 0.4) is 0 Å². The van der Waals surface area contributed by atoms with E-state index in [4.69, 9.17) is 0 Å². The molecular weight excluding hydrogens is 352 g/mol. The van der Waals surface area contributed by atoms with Crippen molar-refractivity contribution in [3.8, 4) is 0 Å². The van der Waals surface area contributed by atoms with Crippen LogP contribution in [0.15, 0.2) is 0 Å². The normalized spacial score (nSPS) is 16.3. The van der Waals surface area contributed by atoms with Crippen LogP contribution in [0, 0.1) is 0 Å². The molecular formula is C23H50N2O3. The first kappa shape index (κ1) is 27.8. The zero-order valence-corrected chi connectivity index (χ0v) is 19.2. The van der Waals surface area contributed by atoms with Crippen LogP contribution in [-0.2, 0) is 0 Å². The molecule has 0 aromatic heterocycles. The Balaban J connectivity index is 4.43. The molecule has 0 aromatic rings. The lowest BCUT2D eigenvalue weighted by molar-refractivity contribution is -0.0688.